The highest BCUT2D eigenvalue weighted by Crippen LogP contribution is 2.24. The van der Waals surface area contributed by atoms with E-state index in [1.165, 1.54) is 29.5 Å². The molecule has 0 bridgehead atoms. The molecule has 0 atom stereocenters. The summed E-state index contributed by atoms with van der Waals surface area (Å²) in [6.45, 7) is 0. The number of carbonyl (C=O) groups is 1. The predicted molar refractivity (Wildman–Crippen MR) is 77.5 cm³/mol. The van der Waals surface area contributed by atoms with Gasteiger partial charge in [-0.1, -0.05) is 17.7 Å². The third-order valence-corrected chi connectivity index (χ3v) is 3.29. The molecule has 5 nitrogen and oxygen atoms in total. The normalized spacial score (nSPS) is 10.9. The van der Waals surface area contributed by atoms with Crippen LogP contribution in [-0.4, -0.2) is 16.0 Å². The fourth-order valence-electron chi connectivity index (χ4n) is 1.38. The van der Waals surface area contributed by atoms with E-state index in [9.17, 15) is 9.90 Å². The van der Waals surface area contributed by atoms with E-state index in [4.69, 9.17) is 16.9 Å². The van der Waals surface area contributed by atoms with Crippen LogP contribution >= 0.6 is 22.9 Å². The number of amides is 1. The van der Waals surface area contributed by atoms with Crippen molar-refractivity contribution in [2.24, 2.45) is 0 Å². The average molecular weight is 306 g/mol. The van der Waals surface area contributed by atoms with Gasteiger partial charge in [0.2, 0.25) is 0 Å². The quantitative estimate of drug-likeness (QED) is 0.674. The van der Waals surface area contributed by atoms with E-state index in [1.807, 2.05) is 6.07 Å². The van der Waals surface area contributed by atoms with E-state index in [1.54, 1.807) is 17.6 Å². The minimum absolute atomic E-state index is 0.0606. The molecule has 0 aliphatic carbocycles. The number of anilines is 1. The summed E-state index contributed by atoms with van der Waals surface area (Å²) in [5.74, 6) is -0.610. The van der Waals surface area contributed by atoms with Crippen molar-refractivity contribution in [1.82, 2.24) is 4.98 Å². The Morgan fingerprint density at radius 3 is 2.95 bits per heavy atom. The second kappa shape index (κ2) is 6.19. The zero-order valence-electron chi connectivity index (χ0n) is 10.0. The molecule has 1 amide bonds. The maximum absolute atomic E-state index is 11.9. The summed E-state index contributed by atoms with van der Waals surface area (Å²) < 4.78 is 0. The van der Waals surface area contributed by atoms with Gasteiger partial charge in [-0.15, -0.1) is 11.3 Å². The summed E-state index contributed by atoms with van der Waals surface area (Å²) in [6, 6.07) is 6.22. The maximum Gasteiger partial charge on any atom is 0.268 e. The van der Waals surface area contributed by atoms with Gasteiger partial charge in [-0.2, -0.15) is 5.26 Å². The molecule has 7 heteroatoms. The van der Waals surface area contributed by atoms with Crippen LogP contribution in [0.25, 0.3) is 6.08 Å². The van der Waals surface area contributed by atoms with Gasteiger partial charge >= 0.3 is 0 Å². The molecule has 0 saturated carbocycles. The number of benzene rings is 1. The highest BCUT2D eigenvalue weighted by Gasteiger charge is 2.11. The van der Waals surface area contributed by atoms with E-state index in [2.05, 4.69) is 10.3 Å². The molecule has 2 aromatic rings. The van der Waals surface area contributed by atoms with E-state index < -0.39 is 5.91 Å². The lowest BCUT2D eigenvalue weighted by Gasteiger charge is -2.01. The van der Waals surface area contributed by atoms with Crippen LogP contribution in [0.3, 0.4) is 0 Å². The molecule has 100 valence electrons. The smallest absolute Gasteiger partial charge is 0.268 e. The fraction of sp³-hybridized carbons (Fsp3) is 0. The van der Waals surface area contributed by atoms with E-state index in [0.29, 0.717) is 10.7 Å². The lowest BCUT2D eigenvalue weighted by molar-refractivity contribution is -0.112. The molecule has 0 radical (unpaired) electrons. The third-order valence-electron chi connectivity index (χ3n) is 2.30. The molecule has 1 aromatic carbocycles. The average Bonchev–Trinajstić information content (AvgIpc) is 2.92. The molecule has 2 N–H and O–H groups in total. The van der Waals surface area contributed by atoms with Gasteiger partial charge in [0.25, 0.3) is 5.91 Å². The molecule has 1 aromatic heterocycles. The SMILES string of the molecule is N#C/C(=C/c1ccc(O)c(Cl)c1)C(=O)Nc1nccs1. The van der Waals surface area contributed by atoms with Crippen LogP contribution in [0.2, 0.25) is 5.02 Å². The maximum atomic E-state index is 11.9. The number of hydrogen-bond donors (Lipinski definition) is 2. The topological polar surface area (TPSA) is 86.0 Å². The Bertz CT molecular complexity index is 705. The first-order valence-electron chi connectivity index (χ1n) is 5.41. The molecule has 20 heavy (non-hydrogen) atoms. The van der Waals surface area contributed by atoms with Crippen molar-refractivity contribution in [2.45, 2.75) is 0 Å². The number of aromatic nitrogens is 1. The molecular weight excluding hydrogens is 298 g/mol. The fourth-order valence-corrected chi connectivity index (χ4v) is 2.09. The van der Waals surface area contributed by atoms with Gasteiger partial charge in [0, 0.05) is 11.6 Å². The van der Waals surface area contributed by atoms with Crippen molar-refractivity contribution in [3.05, 3.63) is 45.9 Å². The Morgan fingerprint density at radius 1 is 1.55 bits per heavy atom. The highest BCUT2D eigenvalue weighted by molar-refractivity contribution is 7.13. The molecule has 0 spiro atoms. The largest absolute Gasteiger partial charge is 0.506 e. The second-order valence-electron chi connectivity index (χ2n) is 3.67. The van der Waals surface area contributed by atoms with Crippen molar-refractivity contribution in [3.8, 4) is 11.8 Å². The Labute approximate surface area is 123 Å². The minimum atomic E-state index is -0.549. The standard InChI is InChI=1S/C13H8ClN3O2S/c14-10-6-8(1-2-11(10)18)5-9(7-15)12(19)17-13-16-3-4-20-13/h1-6,18H,(H,16,17,19)/b9-5-. The predicted octanol–water partition coefficient (Wildman–Crippen LogP) is 3.05. The first-order chi connectivity index (χ1) is 9.60. The third kappa shape index (κ3) is 3.35. The number of nitriles is 1. The summed E-state index contributed by atoms with van der Waals surface area (Å²) >= 11 is 7.02. The first kappa shape index (κ1) is 14.1. The number of carbonyl (C=O) groups excluding carboxylic acids is 1. The molecule has 0 unspecified atom stereocenters. The Hall–Kier alpha value is -2.36. The van der Waals surface area contributed by atoms with Crippen molar-refractivity contribution in [1.29, 1.82) is 5.26 Å². The first-order valence-corrected chi connectivity index (χ1v) is 6.67. The molecular formula is C13H8ClN3O2S. The van der Waals surface area contributed by atoms with Crippen LogP contribution in [0.1, 0.15) is 5.56 Å². The monoisotopic (exact) mass is 305 g/mol. The number of phenols is 1. The number of aromatic hydroxyl groups is 1. The van der Waals surface area contributed by atoms with Gasteiger partial charge in [0.05, 0.1) is 5.02 Å². The number of nitrogens with zero attached hydrogens (tertiary/aromatic N) is 2. The summed E-state index contributed by atoms with van der Waals surface area (Å²) in [5, 5.41) is 23.1. The van der Waals surface area contributed by atoms with Gasteiger partial charge in [-0.25, -0.2) is 4.98 Å². The Kier molecular flexibility index (Phi) is 4.35. The van der Waals surface area contributed by atoms with Crippen molar-refractivity contribution < 1.29 is 9.90 Å². The Balaban J connectivity index is 2.22. The number of hydrogen-bond acceptors (Lipinski definition) is 5. The van der Waals surface area contributed by atoms with Gasteiger partial charge in [-0.05, 0) is 23.8 Å². The molecule has 0 aliphatic rings. The zero-order valence-corrected chi connectivity index (χ0v) is 11.6. The van der Waals surface area contributed by atoms with Gasteiger partial charge < -0.3 is 5.11 Å². The van der Waals surface area contributed by atoms with Crippen LogP contribution in [0.5, 0.6) is 5.75 Å². The van der Waals surface area contributed by atoms with Gasteiger partial charge in [0.15, 0.2) is 5.13 Å². The van der Waals surface area contributed by atoms with Crippen LogP contribution < -0.4 is 5.32 Å². The van der Waals surface area contributed by atoms with Crippen LogP contribution in [0.15, 0.2) is 35.3 Å². The van der Waals surface area contributed by atoms with Gasteiger partial charge in [-0.3, -0.25) is 10.1 Å². The molecule has 0 saturated heterocycles. The lowest BCUT2D eigenvalue weighted by Crippen LogP contribution is -2.13. The number of halogens is 1. The van der Waals surface area contributed by atoms with Gasteiger partial charge in [0.1, 0.15) is 17.4 Å². The number of phenolic OH excluding ortho intramolecular Hbond substituents is 1. The summed E-state index contributed by atoms with van der Waals surface area (Å²) in [6.07, 6.45) is 2.93. The summed E-state index contributed by atoms with van der Waals surface area (Å²) in [5.41, 5.74) is 0.459. The van der Waals surface area contributed by atoms with Crippen LogP contribution in [0.4, 0.5) is 5.13 Å². The second-order valence-corrected chi connectivity index (χ2v) is 4.97. The van der Waals surface area contributed by atoms with Crippen LogP contribution in [-0.2, 0) is 4.79 Å². The van der Waals surface area contributed by atoms with Crippen molar-refractivity contribution in [2.75, 3.05) is 5.32 Å². The lowest BCUT2D eigenvalue weighted by atomic mass is 10.1. The Morgan fingerprint density at radius 2 is 2.35 bits per heavy atom. The molecule has 0 fully saturated rings. The number of thiazole rings is 1. The summed E-state index contributed by atoms with van der Waals surface area (Å²) in [7, 11) is 0. The number of nitrogens with one attached hydrogen (secondary N) is 1. The molecule has 1 heterocycles. The van der Waals surface area contributed by atoms with Crippen molar-refractivity contribution in [3.63, 3.8) is 0 Å². The van der Waals surface area contributed by atoms with E-state index in [0.717, 1.165) is 0 Å². The molecule has 0 aliphatic heterocycles. The minimum Gasteiger partial charge on any atom is -0.506 e. The highest BCUT2D eigenvalue weighted by atomic mass is 35.5. The van der Waals surface area contributed by atoms with Crippen molar-refractivity contribution >= 4 is 40.1 Å². The van der Waals surface area contributed by atoms with E-state index >= 15 is 0 Å². The van der Waals surface area contributed by atoms with E-state index in [-0.39, 0.29) is 16.3 Å². The zero-order chi connectivity index (χ0) is 14.5. The van der Waals surface area contributed by atoms with Crippen LogP contribution in [0, 0.1) is 11.3 Å². The molecule has 2 rings (SSSR count). The number of rotatable bonds is 3. The summed E-state index contributed by atoms with van der Waals surface area (Å²) in [4.78, 5) is 15.8.